The lowest BCUT2D eigenvalue weighted by molar-refractivity contribution is 0.114. The van der Waals surface area contributed by atoms with Crippen molar-refractivity contribution < 1.29 is 0 Å². The van der Waals surface area contributed by atoms with Gasteiger partial charge >= 0.3 is 0 Å². The van der Waals surface area contributed by atoms with Gasteiger partial charge in [0.1, 0.15) is 0 Å². The van der Waals surface area contributed by atoms with Crippen molar-refractivity contribution in [1.82, 2.24) is 9.80 Å². The number of nitrogens with zero attached hydrogens (tertiary/aromatic N) is 3. The molecule has 0 spiro atoms. The lowest BCUT2D eigenvalue weighted by Crippen LogP contribution is -2.47. The number of rotatable bonds is 11. The van der Waals surface area contributed by atoms with Crippen molar-refractivity contribution >= 4 is 10.8 Å². The van der Waals surface area contributed by atoms with Crippen LogP contribution in [0.3, 0.4) is 0 Å². The molecule has 3 nitrogen and oxygen atoms in total. The number of hydrogen-bond acceptors (Lipinski definition) is 3. The Kier molecular flexibility index (Phi) is 9.31. The van der Waals surface area contributed by atoms with Gasteiger partial charge in [0.15, 0.2) is 0 Å². The lowest BCUT2D eigenvalue weighted by Gasteiger charge is -2.42. The van der Waals surface area contributed by atoms with Crippen LogP contribution in [0, 0.1) is 17.2 Å². The van der Waals surface area contributed by atoms with E-state index in [0.29, 0.717) is 24.2 Å². The molecule has 0 saturated heterocycles. The van der Waals surface area contributed by atoms with E-state index in [4.69, 9.17) is 0 Å². The lowest BCUT2D eigenvalue weighted by atomic mass is 9.68. The van der Waals surface area contributed by atoms with Gasteiger partial charge in [-0.3, -0.25) is 9.80 Å². The van der Waals surface area contributed by atoms with Crippen LogP contribution in [0.2, 0.25) is 0 Å². The molecule has 0 aliphatic heterocycles. The summed E-state index contributed by atoms with van der Waals surface area (Å²) in [5, 5.41) is 13.3. The molecule has 0 heterocycles. The summed E-state index contributed by atoms with van der Waals surface area (Å²) in [5.41, 5.74) is 0.635. The summed E-state index contributed by atoms with van der Waals surface area (Å²) < 4.78 is 0. The van der Waals surface area contributed by atoms with Gasteiger partial charge in [-0.15, -0.1) is 0 Å². The average molecular weight is 436 g/mol. The van der Waals surface area contributed by atoms with Gasteiger partial charge in [-0.25, -0.2) is 0 Å². The molecule has 0 aliphatic carbocycles. The van der Waals surface area contributed by atoms with Crippen molar-refractivity contribution in [3.05, 3.63) is 48.0 Å². The van der Waals surface area contributed by atoms with Crippen LogP contribution in [-0.2, 0) is 5.41 Å². The van der Waals surface area contributed by atoms with Gasteiger partial charge in [-0.2, -0.15) is 5.26 Å². The molecule has 0 N–H and O–H groups in total. The minimum absolute atomic E-state index is 0.198. The molecule has 0 bridgehead atoms. The minimum Gasteiger partial charge on any atom is -0.298 e. The van der Waals surface area contributed by atoms with Gasteiger partial charge in [0.05, 0.1) is 11.5 Å². The molecule has 0 amide bonds. The zero-order valence-corrected chi connectivity index (χ0v) is 21.9. The first-order valence-electron chi connectivity index (χ1n) is 12.5. The van der Waals surface area contributed by atoms with Crippen LogP contribution < -0.4 is 0 Å². The Morgan fingerprint density at radius 2 is 1.28 bits per heavy atom. The second-order valence-electron chi connectivity index (χ2n) is 10.6. The van der Waals surface area contributed by atoms with Crippen LogP contribution in [0.1, 0.15) is 74.3 Å². The molecule has 0 radical (unpaired) electrons. The summed E-state index contributed by atoms with van der Waals surface area (Å²) in [4.78, 5) is 5.05. The SMILES string of the molecule is CC(C)N(CCC(C#N)(c1cccc2ccccc12)C(C)CN(C(C)C)C(C)C)C(C)C. The van der Waals surface area contributed by atoms with Crippen molar-refractivity contribution in [1.29, 1.82) is 5.26 Å². The standard InChI is InChI=1S/C29H45N3/c1-21(2)31(22(3)4)18-17-29(20-30,25(9)19-32(23(5)6)24(7)8)28-16-12-14-26-13-10-11-15-27(26)28/h10-16,21-25H,17-19H2,1-9H3. The third-order valence-electron chi connectivity index (χ3n) is 7.21. The van der Waals surface area contributed by atoms with Crippen molar-refractivity contribution in [3.8, 4) is 6.07 Å². The Hall–Kier alpha value is -1.89. The van der Waals surface area contributed by atoms with E-state index in [1.807, 2.05) is 0 Å². The number of hydrogen-bond donors (Lipinski definition) is 0. The average Bonchev–Trinajstić information content (AvgIpc) is 2.73. The van der Waals surface area contributed by atoms with Crippen molar-refractivity contribution in [2.24, 2.45) is 5.92 Å². The molecule has 2 aromatic rings. The Labute approximate surface area is 197 Å². The van der Waals surface area contributed by atoms with Crippen LogP contribution >= 0.6 is 0 Å². The van der Waals surface area contributed by atoms with Gasteiger partial charge in [0.2, 0.25) is 0 Å². The van der Waals surface area contributed by atoms with Gasteiger partial charge < -0.3 is 0 Å². The van der Waals surface area contributed by atoms with Gasteiger partial charge in [0.25, 0.3) is 0 Å². The fourth-order valence-electron chi connectivity index (χ4n) is 5.40. The molecular weight excluding hydrogens is 390 g/mol. The summed E-state index contributed by atoms with van der Waals surface area (Å²) >= 11 is 0. The Balaban J connectivity index is 2.60. The summed E-state index contributed by atoms with van der Waals surface area (Å²) in [6.07, 6.45) is 0.832. The molecule has 32 heavy (non-hydrogen) atoms. The van der Waals surface area contributed by atoms with Gasteiger partial charge in [-0.1, -0.05) is 49.4 Å². The molecule has 0 aliphatic rings. The van der Waals surface area contributed by atoms with E-state index in [-0.39, 0.29) is 5.92 Å². The maximum Gasteiger partial charge on any atom is 0.0878 e. The molecule has 0 aromatic heterocycles. The Morgan fingerprint density at radius 3 is 1.81 bits per heavy atom. The summed E-state index contributed by atoms with van der Waals surface area (Å²) in [5.74, 6) is 0.198. The first kappa shape index (κ1) is 26.4. The number of benzene rings is 2. The van der Waals surface area contributed by atoms with E-state index < -0.39 is 5.41 Å². The largest absolute Gasteiger partial charge is 0.298 e. The van der Waals surface area contributed by atoms with E-state index in [1.165, 1.54) is 16.3 Å². The summed E-state index contributed by atoms with van der Waals surface area (Å²) in [6.45, 7) is 22.2. The maximum atomic E-state index is 10.9. The van der Waals surface area contributed by atoms with E-state index in [1.54, 1.807) is 0 Å². The topological polar surface area (TPSA) is 30.3 Å². The van der Waals surface area contributed by atoms with Crippen LogP contribution in [0.5, 0.6) is 0 Å². The van der Waals surface area contributed by atoms with Crippen LogP contribution in [-0.4, -0.2) is 47.1 Å². The molecule has 2 rings (SSSR count). The molecule has 2 aromatic carbocycles. The second-order valence-corrected chi connectivity index (χ2v) is 10.6. The Morgan fingerprint density at radius 1 is 0.750 bits per heavy atom. The monoisotopic (exact) mass is 435 g/mol. The van der Waals surface area contributed by atoms with Gasteiger partial charge in [-0.05, 0) is 84.1 Å². The van der Waals surface area contributed by atoms with E-state index >= 15 is 0 Å². The van der Waals surface area contributed by atoms with Gasteiger partial charge in [0, 0.05) is 37.3 Å². The van der Waals surface area contributed by atoms with Crippen molar-refractivity contribution in [2.75, 3.05) is 13.1 Å². The Bertz CT molecular complexity index is 871. The maximum absolute atomic E-state index is 10.9. The highest BCUT2D eigenvalue weighted by molar-refractivity contribution is 5.87. The smallest absolute Gasteiger partial charge is 0.0878 e. The molecule has 0 saturated carbocycles. The van der Waals surface area contributed by atoms with E-state index in [0.717, 1.165) is 19.5 Å². The zero-order valence-electron chi connectivity index (χ0n) is 21.9. The predicted octanol–water partition coefficient (Wildman–Crippen LogP) is 6.86. The van der Waals surface area contributed by atoms with Crippen molar-refractivity contribution in [3.63, 3.8) is 0 Å². The highest BCUT2D eigenvalue weighted by atomic mass is 15.2. The third kappa shape index (κ3) is 5.72. The molecule has 0 fully saturated rings. The fraction of sp³-hybridized carbons (Fsp3) is 0.621. The minimum atomic E-state index is -0.551. The first-order valence-corrected chi connectivity index (χ1v) is 12.5. The summed E-state index contributed by atoms with van der Waals surface area (Å²) in [7, 11) is 0. The molecule has 2 atom stereocenters. The second kappa shape index (κ2) is 11.3. The third-order valence-corrected chi connectivity index (χ3v) is 7.21. The summed E-state index contributed by atoms with van der Waals surface area (Å²) in [6, 6.07) is 19.7. The van der Waals surface area contributed by atoms with Crippen LogP contribution in [0.4, 0.5) is 0 Å². The fourth-order valence-corrected chi connectivity index (χ4v) is 5.40. The van der Waals surface area contributed by atoms with E-state index in [2.05, 4.69) is 121 Å². The quantitative estimate of drug-likeness (QED) is 0.386. The van der Waals surface area contributed by atoms with Crippen molar-refractivity contribution in [2.45, 2.75) is 98.3 Å². The molecule has 176 valence electrons. The first-order chi connectivity index (χ1) is 15.0. The zero-order chi connectivity index (χ0) is 24.1. The molecule has 2 unspecified atom stereocenters. The van der Waals surface area contributed by atoms with Crippen LogP contribution in [0.15, 0.2) is 42.5 Å². The highest BCUT2D eigenvalue weighted by Crippen LogP contribution is 2.40. The predicted molar refractivity (Wildman–Crippen MR) is 139 cm³/mol. The van der Waals surface area contributed by atoms with Crippen LogP contribution in [0.25, 0.3) is 10.8 Å². The normalized spacial score (nSPS) is 15.3. The highest BCUT2D eigenvalue weighted by Gasteiger charge is 2.41. The number of nitriles is 1. The number of fused-ring (bicyclic) bond motifs is 1. The van der Waals surface area contributed by atoms with E-state index in [9.17, 15) is 5.26 Å². The molecular formula is C29H45N3. The molecule has 3 heteroatoms.